The monoisotopic (exact) mass is 354 g/mol. The zero-order valence-electron chi connectivity index (χ0n) is 16.9. The third-order valence-electron chi connectivity index (χ3n) is 5.77. The normalized spacial score (nSPS) is 14.8. The lowest BCUT2D eigenvalue weighted by Gasteiger charge is -2.22. The molecule has 0 heterocycles. The van der Waals surface area contributed by atoms with Gasteiger partial charge in [-0.25, -0.2) is 0 Å². The summed E-state index contributed by atoms with van der Waals surface area (Å²) in [4.78, 5) is 0. The Morgan fingerprint density at radius 2 is 1.15 bits per heavy atom. The number of hydrogen-bond acceptors (Lipinski definition) is 2. The van der Waals surface area contributed by atoms with Crippen LogP contribution >= 0.6 is 0 Å². The van der Waals surface area contributed by atoms with Crippen LogP contribution in [0.25, 0.3) is 0 Å². The van der Waals surface area contributed by atoms with Gasteiger partial charge in [-0.05, 0) is 65.5 Å². The minimum atomic E-state index is 0.284. The minimum absolute atomic E-state index is 0.284. The van der Waals surface area contributed by atoms with Crippen molar-refractivity contribution in [1.29, 1.82) is 0 Å². The summed E-state index contributed by atoms with van der Waals surface area (Å²) in [5.74, 6) is 1.75. The molecule has 2 heteroatoms. The SMILES string of the molecule is CCCC(c1ccc(O)c(C(C)CC)c1)c1ccc(O)c(C(C)CC)c1. The molecule has 0 aliphatic carbocycles. The van der Waals surface area contributed by atoms with Crippen molar-refractivity contribution in [2.75, 3.05) is 0 Å². The van der Waals surface area contributed by atoms with Crippen molar-refractivity contribution < 1.29 is 10.2 Å². The van der Waals surface area contributed by atoms with Crippen molar-refractivity contribution in [3.8, 4) is 11.5 Å². The van der Waals surface area contributed by atoms with Gasteiger partial charge < -0.3 is 10.2 Å². The highest BCUT2D eigenvalue weighted by atomic mass is 16.3. The largest absolute Gasteiger partial charge is 0.508 e. The molecule has 0 radical (unpaired) electrons. The molecule has 0 aliphatic heterocycles. The van der Waals surface area contributed by atoms with Gasteiger partial charge in [0.25, 0.3) is 0 Å². The molecular weight excluding hydrogens is 320 g/mol. The zero-order valence-corrected chi connectivity index (χ0v) is 16.9. The summed E-state index contributed by atoms with van der Waals surface area (Å²) in [6, 6.07) is 12.2. The van der Waals surface area contributed by atoms with Crippen LogP contribution in [0.1, 0.15) is 100 Å². The van der Waals surface area contributed by atoms with Crippen LogP contribution in [-0.4, -0.2) is 10.2 Å². The van der Waals surface area contributed by atoms with Crippen LogP contribution in [0.5, 0.6) is 11.5 Å². The number of phenolic OH excluding ortho intramolecular Hbond substituents is 2. The van der Waals surface area contributed by atoms with Gasteiger partial charge in [0, 0.05) is 5.92 Å². The molecule has 0 amide bonds. The van der Waals surface area contributed by atoms with Crippen LogP contribution in [-0.2, 0) is 0 Å². The Bertz CT molecular complexity index is 661. The lowest BCUT2D eigenvalue weighted by Crippen LogP contribution is -2.04. The Kier molecular flexibility index (Phi) is 7.14. The van der Waals surface area contributed by atoms with E-state index in [0.29, 0.717) is 23.3 Å². The molecule has 0 fully saturated rings. The number of benzene rings is 2. The first-order valence-corrected chi connectivity index (χ1v) is 10.1. The predicted molar refractivity (Wildman–Crippen MR) is 110 cm³/mol. The molecule has 0 bridgehead atoms. The van der Waals surface area contributed by atoms with Crippen molar-refractivity contribution in [2.24, 2.45) is 0 Å². The average Bonchev–Trinajstić information content (AvgIpc) is 2.66. The molecule has 2 nitrogen and oxygen atoms in total. The van der Waals surface area contributed by atoms with Crippen molar-refractivity contribution in [2.45, 2.75) is 78.1 Å². The average molecular weight is 355 g/mol. The van der Waals surface area contributed by atoms with Crippen molar-refractivity contribution in [3.63, 3.8) is 0 Å². The molecule has 0 spiro atoms. The Morgan fingerprint density at radius 1 is 0.731 bits per heavy atom. The van der Waals surface area contributed by atoms with Crippen molar-refractivity contribution in [1.82, 2.24) is 0 Å². The molecular formula is C24H34O2. The fourth-order valence-corrected chi connectivity index (χ4v) is 3.62. The van der Waals surface area contributed by atoms with E-state index in [0.717, 1.165) is 36.8 Å². The summed E-state index contributed by atoms with van der Waals surface area (Å²) in [5.41, 5.74) is 4.57. The highest BCUT2D eigenvalue weighted by Gasteiger charge is 2.19. The van der Waals surface area contributed by atoms with Crippen LogP contribution < -0.4 is 0 Å². The lowest BCUT2D eigenvalue weighted by molar-refractivity contribution is 0.461. The van der Waals surface area contributed by atoms with E-state index in [2.05, 4.69) is 58.9 Å². The van der Waals surface area contributed by atoms with E-state index in [4.69, 9.17) is 0 Å². The maximum Gasteiger partial charge on any atom is 0.119 e. The summed E-state index contributed by atoms with van der Waals surface area (Å²) in [6.07, 6.45) is 4.15. The van der Waals surface area contributed by atoms with Gasteiger partial charge in [0.1, 0.15) is 11.5 Å². The fourth-order valence-electron chi connectivity index (χ4n) is 3.62. The second kappa shape index (κ2) is 9.12. The van der Waals surface area contributed by atoms with Gasteiger partial charge in [-0.1, -0.05) is 65.3 Å². The Labute approximate surface area is 158 Å². The molecule has 26 heavy (non-hydrogen) atoms. The van der Waals surface area contributed by atoms with E-state index < -0.39 is 0 Å². The number of phenols is 2. The molecule has 0 aliphatic rings. The molecule has 2 N–H and O–H groups in total. The number of hydrogen-bond donors (Lipinski definition) is 2. The number of rotatable bonds is 8. The zero-order chi connectivity index (χ0) is 19.3. The van der Waals surface area contributed by atoms with Crippen LogP contribution in [0.3, 0.4) is 0 Å². The van der Waals surface area contributed by atoms with E-state index >= 15 is 0 Å². The molecule has 142 valence electrons. The van der Waals surface area contributed by atoms with Crippen LogP contribution in [0.4, 0.5) is 0 Å². The highest BCUT2D eigenvalue weighted by Crippen LogP contribution is 2.38. The molecule has 2 aromatic carbocycles. The second-order valence-corrected chi connectivity index (χ2v) is 7.60. The van der Waals surface area contributed by atoms with E-state index in [9.17, 15) is 10.2 Å². The van der Waals surface area contributed by atoms with Gasteiger partial charge in [-0.2, -0.15) is 0 Å². The Hall–Kier alpha value is -1.96. The maximum absolute atomic E-state index is 10.3. The van der Waals surface area contributed by atoms with E-state index in [-0.39, 0.29) is 5.92 Å². The lowest BCUT2D eigenvalue weighted by atomic mass is 9.83. The summed E-state index contributed by atoms with van der Waals surface area (Å²) in [5, 5.41) is 20.5. The van der Waals surface area contributed by atoms with Crippen LogP contribution in [0.2, 0.25) is 0 Å². The van der Waals surface area contributed by atoms with Gasteiger partial charge in [0.05, 0.1) is 0 Å². The smallest absolute Gasteiger partial charge is 0.119 e. The van der Waals surface area contributed by atoms with Gasteiger partial charge >= 0.3 is 0 Å². The molecule has 2 atom stereocenters. The number of aromatic hydroxyl groups is 2. The first-order chi connectivity index (χ1) is 12.4. The van der Waals surface area contributed by atoms with Crippen molar-refractivity contribution >= 4 is 0 Å². The molecule has 2 unspecified atom stereocenters. The van der Waals surface area contributed by atoms with Gasteiger partial charge in [0.15, 0.2) is 0 Å². The predicted octanol–water partition coefficient (Wildman–Crippen LogP) is 7.06. The standard InChI is InChI=1S/C24H34O2/c1-6-9-20(18-10-12-23(25)21(14-18)16(4)7-2)19-11-13-24(26)22(15-19)17(5)8-3/h10-17,20,25-26H,6-9H2,1-5H3. The van der Waals surface area contributed by atoms with Crippen LogP contribution in [0, 0.1) is 0 Å². The van der Waals surface area contributed by atoms with Crippen LogP contribution in [0.15, 0.2) is 36.4 Å². The van der Waals surface area contributed by atoms with E-state index in [1.807, 2.05) is 12.1 Å². The molecule has 0 saturated heterocycles. The summed E-state index contributed by atoms with van der Waals surface area (Å²) >= 11 is 0. The topological polar surface area (TPSA) is 40.5 Å². The molecule has 2 aromatic rings. The maximum atomic E-state index is 10.3. The second-order valence-electron chi connectivity index (χ2n) is 7.60. The summed E-state index contributed by atoms with van der Waals surface area (Å²) in [7, 11) is 0. The fraction of sp³-hybridized carbons (Fsp3) is 0.500. The van der Waals surface area contributed by atoms with Gasteiger partial charge in [-0.15, -0.1) is 0 Å². The Morgan fingerprint density at radius 3 is 1.50 bits per heavy atom. The van der Waals surface area contributed by atoms with Crippen molar-refractivity contribution in [3.05, 3.63) is 58.7 Å². The molecule has 2 rings (SSSR count). The van der Waals surface area contributed by atoms with E-state index in [1.165, 1.54) is 11.1 Å². The minimum Gasteiger partial charge on any atom is -0.508 e. The molecule has 0 saturated carbocycles. The quantitative estimate of drug-likeness (QED) is 0.533. The summed E-state index contributed by atoms with van der Waals surface area (Å²) in [6.45, 7) is 10.8. The first kappa shape index (κ1) is 20.4. The third kappa shape index (κ3) is 4.41. The summed E-state index contributed by atoms with van der Waals surface area (Å²) < 4.78 is 0. The van der Waals surface area contributed by atoms with E-state index in [1.54, 1.807) is 0 Å². The first-order valence-electron chi connectivity index (χ1n) is 10.1. The highest BCUT2D eigenvalue weighted by molar-refractivity contribution is 5.46. The van der Waals surface area contributed by atoms with Gasteiger partial charge in [-0.3, -0.25) is 0 Å². The Balaban J connectivity index is 2.50. The molecule has 0 aromatic heterocycles. The van der Waals surface area contributed by atoms with Gasteiger partial charge in [0.2, 0.25) is 0 Å². The third-order valence-corrected chi connectivity index (χ3v) is 5.77.